The quantitative estimate of drug-likeness (QED) is 0.411. The van der Waals surface area contributed by atoms with Gasteiger partial charge in [-0.2, -0.15) is 0 Å². The Kier molecular flexibility index (Phi) is 6.75. The maximum absolute atomic E-state index is 11.0. The minimum Gasteiger partial charge on any atom is -0.388 e. The van der Waals surface area contributed by atoms with Gasteiger partial charge in [-0.3, -0.25) is 0 Å². The summed E-state index contributed by atoms with van der Waals surface area (Å²) in [5.41, 5.74) is 0. The van der Waals surface area contributed by atoms with Crippen LogP contribution in [0.5, 0.6) is 0 Å². The van der Waals surface area contributed by atoms with Crippen LogP contribution in [0, 0.1) is 17.0 Å². The molecule has 150 valence electrons. The Bertz CT molecular complexity index is 825. The van der Waals surface area contributed by atoms with Crippen LogP contribution >= 0.6 is 24.0 Å². The molecular formula is C16H21N7O3S2. The smallest absolute Gasteiger partial charge is 0.342 e. The molecule has 0 radical (unpaired) electrons. The van der Waals surface area contributed by atoms with Crippen molar-refractivity contribution in [3.05, 3.63) is 40.6 Å². The standard InChI is InChI=1S/C16H21N7O3S2/c1-12-19-9-14(23(25)26)22(12)10-13(24)11-28-16(27)21-7-5-20(6-8-21)15-17-3-2-4-18-15/h2-4,9,13,24H,5-8,10-11H2,1H3. The van der Waals surface area contributed by atoms with Gasteiger partial charge in [0, 0.05) is 51.2 Å². The van der Waals surface area contributed by atoms with Crippen LogP contribution in [0.4, 0.5) is 11.8 Å². The molecule has 0 amide bonds. The first-order valence-electron chi connectivity index (χ1n) is 8.74. The summed E-state index contributed by atoms with van der Waals surface area (Å²) in [7, 11) is 0. The second-order valence-electron chi connectivity index (χ2n) is 6.28. The number of anilines is 1. The van der Waals surface area contributed by atoms with Crippen molar-refractivity contribution in [2.75, 3.05) is 36.8 Å². The summed E-state index contributed by atoms with van der Waals surface area (Å²) in [5.74, 6) is 1.45. The summed E-state index contributed by atoms with van der Waals surface area (Å²) in [5, 5.41) is 21.3. The molecule has 2 aromatic rings. The lowest BCUT2D eigenvalue weighted by Crippen LogP contribution is -2.48. The van der Waals surface area contributed by atoms with E-state index in [1.54, 1.807) is 25.4 Å². The van der Waals surface area contributed by atoms with Crippen LogP contribution in [-0.4, -0.2) is 76.8 Å². The van der Waals surface area contributed by atoms with Gasteiger partial charge in [0.25, 0.3) is 0 Å². The molecule has 1 saturated heterocycles. The van der Waals surface area contributed by atoms with Gasteiger partial charge < -0.3 is 25.0 Å². The zero-order valence-electron chi connectivity index (χ0n) is 15.3. The second kappa shape index (κ2) is 9.26. The van der Waals surface area contributed by atoms with Crippen molar-refractivity contribution in [3.8, 4) is 0 Å². The molecule has 0 saturated carbocycles. The number of nitrogens with zero attached hydrogens (tertiary/aromatic N) is 7. The number of rotatable bonds is 6. The predicted octanol–water partition coefficient (Wildman–Crippen LogP) is 1.09. The Morgan fingerprint density at radius 2 is 2.00 bits per heavy atom. The van der Waals surface area contributed by atoms with Gasteiger partial charge in [-0.1, -0.05) is 24.0 Å². The number of aliphatic hydroxyl groups excluding tert-OH is 1. The number of thioether (sulfide) groups is 1. The molecule has 0 spiro atoms. The number of imidazole rings is 1. The average molecular weight is 424 g/mol. The number of hydrogen-bond acceptors (Lipinski definition) is 9. The zero-order valence-corrected chi connectivity index (χ0v) is 17.0. The third-order valence-electron chi connectivity index (χ3n) is 4.39. The van der Waals surface area contributed by atoms with Gasteiger partial charge in [-0.15, -0.1) is 0 Å². The van der Waals surface area contributed by atoms with Gasteiger partial charge in [-0.05, 0) is 11.0 Å². The number of aliphatic hydroxyl groups is 1. The van der Waals surface area contributed by atoms with Crippen molar-refractivity contribution in [1.29, 1.82) is 0 Å². The van der Waals surface area contributed by atoms with Gasteiger partial charge in [0.1, 0.15) is 23.2 Å². The number of nitro groups is 1. The highest BCUT2D eigenvalue weighted by atomic mass is 32.2. The molecular weight excluding hydrogens is 402 g/mol. The highest BCUT2D eigenvalue weighted by Gasteiger charge is 2.23. The third-order valence-corrected chi connectivity index (χ3v) is 6.05. The highest BCUT2D eigenvalue weighted by molar-refractivity contribution is 8.22. The number of hydrogen-bond donors (Lipinski definition) is 1. The minimum atomic E-state index is -0.770. The molecule has 0 bridgehead atoms. The van der Waals surface area contributed by atoms with Crippen LogP contribution in [0.3, 0.4) is 0 Å². The Morgan fingerprint density at radius 3 is 2.64 bits per heavy atom. The van der Waals surface area contributed by atoms with E-state index in [-0.39, 0.29) is 12.4 Å². The van der Waals surface area contributed by atoms with E-state index in [9.17, 15) is 15.2 Å². The van der Waals surface area contributed by atoms with Crippen LogP contribution in [0.15, 0.2) is 24.7 Å². The first-order chi connectivity index (χ1) is 13.5. The van der Waals surface area contributed by atoms with Gasteiger partial charge >= 0.3 is 5.82 Å². The molecule has 1 unspecified atom stereocenters. The van der Waals surface area contributed by atoms with E-state index in [0.29, 0.717) is 21.8 Å². The largest absolute Gasteiger partial charge is 0.388 e. The van der Waals surface area contributed by atoms with Crippen LogP contribution < -0.4 is 4.90 Å². The van der Waals surface area contributed by atoms with E-state index in [2.05, 4.69) is 24.8 Å². The van der Waals surface area contributed by atoms with Crippen molar-refractivity contribution in [2.24, 2.45) is 0 Å². The topological polar surface area (TPSA) is 113 Å². The minimum absolute atomic E-state index is 0.108. The maximum Gasteiger partial charge on any atom is 0.342 e. The summed E-state index contributed by atoms with van der Waals surface area (Å²) in [6.07, 6.45) is 3.88. The van der Waals surface area contributed by atoms with Crippen molar-refractivity contribution in [2.45, 2.75) is 19.6 Å². The average Bonchev–Trinajstić information content (AvgIpc) is 3.07. The first kappa shape index (κ1) is 20.4. The van der Waals surface area contributed by atoms with Crippen LogP contribution in [0.2, 0.25) is 0 Å². The van der Waals surface area contributed by atoms with Crippen LogP contribution in [-0.2, 0) is 6.54 Å². The number of thiocarbonyl (C=S) groups is 1. The van der Waals surface area contributed by atoms with E-state index in [4.69, 9.17) is 12.2 Å². The highest BCUT2D eigenvalue weighted by Crippen LogP contribution is 2.18. The lowest BCUT2D eigenvalue weighted by molar-refractivity contribution is -0.392. The normalized spacial score (nSPS) is 15.5. The predicted molar refractivity (Wildman–Crippen MR) is 110 cm³/mol. The fraction of sp³-hybridized carbons (Fsp3) is 0.500. The van der Waals surface area contributed by atoms with Crippen molar-refractivity contribution in [3.63, 3.8) is 0 Å². The number of piperazine rings is 1. The maximum atomic E-state index is 11.0. The molecule has 28 heavy (non-hydrogen) atoms. The Labute approximate surface area is 171 Å². The number of aryl methyl sites for hydroxylation is 1. The van der Waals surface area contributed by atoms with Crippen molar-refractivity contribution < 1.29 is 10.0 Å². The molecule has 1 atom stereocenters. The summed E-state index contributed by atoms with van der Waals surface area (Å²) in [6, 6.07) is 1.79. The van der Waals surface area contributed by atoms with Gasteiger partial charge in [0.05, 0.1) is 0 Å². The Balaban J connectivity index is 1.46. The molecule has 1 aliphatic rings. The zero-order chi connectivity index (χ0) is 20.1. The van der Waals surface area contributed by atoms with E-state index in [0.717, 1.165) is 26.2 Å². The molecule has 10 nitrogen and oxygen atoms in total. The fourth-order valence-corrected chi connectivity index (χ4v) is 4.09. The molecule has 0 aliphatic carbocycles. The molecule has 1 N–H and O–H groups in total. The molecule has 1 aliphatic heterocycles. The molecule has 0 aromatic carbocycles. The summed E-state index contributed by atoms with van der Waals surface area (Å²) < 4.78 is 2.12. The molecule has 1 fully saturated rings. The second-order valence-corrected chi connectivity index (χ2v) is 7.94. The van der Waals surface area contributed by atoms with E-state index in [1.807, 2.05) is 0 Å². The lowest BCUT2D eigenvalue weighted by atomic mass is 10.3. The SMILES string of the molecule is Cc1ncc([N+](=O)[O-])n1CC(O)CSC(=S)N1CCN(c2ncccn2)CC1. The Morgan fingerprint density at radius 1 is 1.32 bits per heavy atom. The molecule has 12 heteroatoms. The van der Waals surface area contributed by atoms with Crippen molar-refractivity contribution >= 4 is 40.1 Å². The van der Waals surface area contributed by atoms with Crippen molar-refractivity contribution in [1.82, 2.24) is 24.4 Å². The summed E-state index contributed by atoms with van der Waals surface area (Å²) in [6.45, 7) is 4.84. The van der Waals surface area contributed by atoms with Gasteiger partial charge in [-0.25, -0.2) is 19.5 Å². The van der Waals surface area contributed by atoms with Gasteiger partial charge in [0.15, 0.2) is 5.82 Å². The molecule has 3 rings (SSSR count). The fourth-order valence-electron chi connectivity index (χ4n) is 2.89. The first-order valence-corrected chi connectivity index (χ1v) is 10.1. The third kappa shape index (κ3) is 4.94. The van der Waals surface area contributed by atoms with E-state index < -0.39 is 11.0 Å². The number of aromatic nitrogens is 4. The van der Waals surface area contributed by atoms with E-state index in [1.165, 1.54) is 22.5 Å². The Hall–Kier alpha value is -2.31. The van der Waals surface area contributed by atoms with Crippen LogP contribution in [0.1, 0.15) is 5.82 Å². The monoisotopic (exact) mass is 423 g/mol. The molecule has 2 aromatic heterocycles. The molecule has 3 heterocycles. The van der Waals surface area contributed by atoms with E-state index >= 15 is 0 Å². The van der Waals surface area contributed by atoms with Crippen LogP contribution in [0.25, 0.3) is 0 Å². The van der Waals surface area contributed by atoms with Gasteiger partial charge in [0.2, 0.25) is 5.95 Å². The lowest BCUT2D eigenvalue weighted by Gasteiger charge is -2.35. The summed E-state index contributed by atoms with van der Waals surface area (Å²) >= 11 is 6.87. The summed E-state index contributed by atoms with van der Waals surface area (Å²) in [4.78, 5) is 27.2.